The zero-order valence-electron chi connectivity index (χ0n) is 17.3. The van der Waals surface area contributed by atoms with Gasteiger partial charge in [-0.05, 0) is 44.1 Å². The number of benzene rings is 1. The first-order valence-electron chi connectivity index (χ1n) is 10.3. The number of urea groups is 1. The lowest BCUT2D eigenvalue weighted by molar-refractivity contribution is -0.139. The summed E-state index contributed by atoms with van der Waals surface area (Å²) in [5, 5.41) is 6.94. The molecule has 1 unspecified atom stereocenters. The van der Waals surface area contributed by atoms with E-state index >= 15 is 0 Å². The largest absolute Gasteiger partial charge is 0.463 e. The zero-order chi connectivity index (χ0) is 21.5. The van der Waals surface area contributed by atoms with Crippen LogP contribution in [0.4, 0.5) is 4.79 Å². The van der Waals surface area contributed by atoms with E-state index in [1.54, 1.807) is 30.0 Å². The highest BCUT2D eigenvalue weighted by atomic mass is 35.5. The van der Waals surface area contributed by atoms with Crippen LogP contribution in [0.3, 0.4) is 0 Å². The summed E-state index contributed by atoms with van der Waals surface area (Å²) in [7, 11) is 0. The van der Waals surface area contributed by atoms with Gasteiger partial charge in [-0.25, -0.2) is 9.59 Å². The fourth-order valence-corrected chi connectivity index (χ4v) is 3.95. The molecule has 3 rings (SSSR count). The molecule has 0 saturated carbocycles. The second-order valence-electron chi connectivity index (χ2n) is 7.29. The summed E-state index contributed by atoms with van der Waals surface area (Å²) in [5.74, 6) is -0.422. The molecule has 1 fully saturated rings. The first-order valence-corrected chi connectivity index (χ1v) is 10.7. The minimum absolute atomic E-state index is 0.256. The van der Waals surface area contributed by atoms with Gasteiger partial charge in [-0.1, -0.05) is 29.8 Å². The van der Waals surface area contributed by atoms with Gasteiger partial charge in [0.1, 0.15) is 0 Å². The van der Waals surface area contributed by atoms with Crippen LogP contribution >= 0.6 is 11.6 Å². The molecular weight excluding hydrogens is 404 g/mol. The summed E-state index contributed by atoms with van der Waals surface area (Å²) in [4.78, 5) is 29.9. The third kappa shape index (κ3) is 5.22. The highest BCUT2D eigenvalue weighted by Crippen LogP contribution is 2.32. The van der Waals surface area contributed by atoms with E-state index in [0.29, 0.717) is 29.4 Å². The molecule has 30 heavy (non-hydrogen) atoms. The molecular formula is C22H29ClN4O3. The molecule has 2 heterocycles. The summed E-state index contributed by atoms with van der Waals surface area (Å²) in [5.41, 5.74) is 1.90. The van der Waals surface area contributed by atoms with Crippen LogP contribution in [0.15, 0.2) is 48.2 Å². The van der Waals surface area contributed by atoms with Crippen molar-refractivity contribution in [3.05, 3.63) is 58.8 Å². The summed E-state index contributed by atoms with van der Waals surface area (Å²) in [6.07, 6.45) is 2.67. The maximum atomic E-state index is 13.1. The van der Waals surface area contributed by atoms with Gasteiger partial charge in [0, 0.05) is 36.9 Å². The molecule has 7 nitrogen and oxygen atoms in total. The van der Waals surface area contributed by atoms with Crippen LogP contribution < -0.4 is 10.6 Å². The van der Waals surface area contributed by atoms with Crippen molar-refractivity contribution < 1.29 is 14.3 Å². The van der Waals surface area contributed by atoms with Crippen molar-refractivity contribution in [3.63, 3.8) is 0 Å². The average Bonchev–Trinajstić information content (AvgIpc) is 3.00. The molecule has 1 aromatic rings. The Balaban J connectivity index is 2.08. The van der Waals surface area contributed by atoms with E-state index < -0.39 is 12.0 Å². The van der Waals surface area contributed by atoms with Crippen LogP contribution in [0.1, 0.15) is 24.9 Å². The molecule has 2 aliphatic rings. The lowest BCUT2D eigenvalue weighted by atomic mass is 9.94. The van der Waals surface area contributed by atoms with E-state index in [9.17, 15) is 9.59 Å². The molecule has 0 aromatic heterocycles. The number of esters is 1. The number of nitrogens with zero attached hydrogens (tertiary/aromatic N) is 2. The molecule has 1 saturated heterocycles. The maximum Gasteiger partial charge on any atom is 0.338 e. The molecule has 1 aromatic carbocycles. The first kappa shape index (κ1) is 22.3. The van der Waals surface area contributed by atoms with Crippen molar-refractivity contribution in [2.24, 2.45) is 0 Å². The van der Waals surface area contributed by atoms with Gasteiger partial charge in [-0.15, -0.1) is 6.58 Å². The van der Waals surface area contributed by atoms with Crippen molar-refractivity contribution >= 4 is 23.6 Å². The molecule has 2 amide bonds. The number of carbonyl (C=O) groups is 2. The third-order valence-electron chi connectivity index (χ3n) is 5.25. The number of hydrogen-bond acceptors (Lipinski definition) is 5. The lowest BCUT2D eigenvalue weighted by Gasteiger charge is -2.38. The zero-order valence-corrected chi connectivity index (χ0v) is 18.1. The first-order chi connectivity index (χ1) is 14.5. The fourth-order valence-electron chi connectivity index (χ4n) is 3.82. The molecule has 2 aliphatic heterocycles. The standard InChI is InChI=1S/C22H29ClN4O3/c1-3-12-27-18(15-26-13-5-10-24-11-14-26)19(21(28)30-4-2)20(25-22(27)29)16-6-8-17(23)9-7-16/h3,6-9,20,24H,1,4-5,10-15H2,2H3,(H,25,29). The SMILES string of the molecule is C=CCN1C(=O)NC(c2ccc(Cl)cc2)C(C(=O)OCC)=C1CN1CCCNCC1. The van der Waals surface area contributed by atoms with Crippen LogP contribution in [-0.4, -0.2) is 67.7 Å². The van der Waals surface area contributed by atoms with Crippen molar-refractivity contribution in [1.82, 2.24) is 20.4 Å². The Morgan fingerprint density at radius 3 is 2.77 bits per heavy atom. The Bertz CT molecular complexity index is 801. The minimum Gasteiger partial charge on any atom is -0.463 e. The Labute approximate surface area is 182 Å². The van der Waals surface area contributed by atoms with Gasteiger partial charge in [0.15, 0.2) is 0 Å². The summed E-state index contributed by atoms with van der Waals surface area (Å²) in [6.45, 7) is 10.2. The van der Waals surface area contributed by atoms with Crippen LogP contribution in [-0.2, 0) is 9.53 Å². The quantitative estimate of drug-likeness (QED) is 0.512. The molecule has 8 heteroatoms. The van der Waals surface area contributed by atoms with Crippen molar-refractivity contribution in [1.29, 1.82) is 0 Å². The predicted molar refractivity (Wildman–Crippen MR) is 117 cm³/mol. The number of carbonyl (C=O) groups excluding carboxylic acids is 2. The van der Waals surface area contributed by atoms with Gasteiger partial charge < -0.3 is 15.4 Å². The second kappa shape index (κ2) is 10.6. The summed E-state index contributed by atoms with van der Waals surface area (Å²) < 4.78 is 5.41. The monoisotopic (exact) mass is 432 g/mol. The van der Waals surface area contributed by atoms with E-state index in [2.05, 4.69) is 22.1 Å². The highest BCUT2D eigenvalue weighted by Gasteiger charge is 2.38. The Morgan fingerprint density at radius 1 is 1.30 bits per heavy atom. The van der Waals surface area contributed by atoms with Gasteiger partial charge >= 0.3 is 12.0 Å². The Kier molecular flexibility index (Phi) is 7.90. The number of nitrogens with one attached hydrogen (secondary N) is 2. The van der Waals surface area contributed by atoms with E-state index in [0.717, 1.165) is 38.2 Å². The molecule has 0 aliphatic carbocycles. The topological polar surface area (TPSA) is 73.9 Å². The van der Waals surface area contributed by atoms with Gasteiger partial charge in [0.2, 0.25) is 0 Å². The number of rotatable bonds is 7. The smallest absolute Gasteiger partial charge is 0.338 e. The van der Waals surface area contributed by atoms with Crippen LogP contribution in [0.25, 0.3) is 0 Å². The maximum absolute atomic E-state index is 13.1. The van der Waals surface area contributed by atoms with Crippen molar-refractivity contribution in [3.8, 4) is 0 Å². The molecule has 0 bridgehead atoms. The van der Waals surface area contributed by atoms with Gasteiger partial charge in [-0.2, -0.15) is 0 Å². The molecule has 162 valence electrons. The van der Waals surface area contributed by atoms with Crippen LogP contribution in [0, 0.1) is 0 Å². The second-order valence-corrected chi connectivity index (χ2v) is 7.73. The number of amides is 2. The van der Waals surface area contributed by atoms with Crippen LogP contribution in [0.5, 0.6) is 0 Å². The summed E-state index contributed by atoms with van der Waals surface area (Å²) in [6, 6.07) is 6.29. The van der Waals surface area contributed by atoms with E-state index in [1.165, 1.54) is 0 Å². The highest BCUT2D eigenvalue weighted by molar-refractivity contribution is 6.30. The predicted octanol–water partition coefficient (Wildman–Crippen LogP) is 2.70. The van der Waals surface area contributed by atoms with E-state index in [4.69, 9.17) is 16.3 Å². The third-order valence-corrected chi connectivity index (χ3v) is 5.51. The van der Waals surface area contributed by atoms with E-state index in [1.807, 2.05) is 12.1 Å². The van der Waals surface area contributed by atoms with Crippen molar-refractivity contribution in [2.45, 2.75) is 19.4 Å². The Hall–Kier alpha value is -2.35. The Morgan fingerprint density at radius 2 is 2.07 bits per heavy atom. The fraction of sp³-hybridized carbons (Fsp3) is 0.455. The molecule has 1 atom stereocenters. The molecule has 2 N–H and O–H groups in total. The number of halogens is 1. The number of hydrogen-bond donors (Lipinski definition) is 2. The minimum atomic E-state index is -0.602. The average molecular weight is 433 g/mol. The van der Waals surface area contributed by atoms with Crippen LogP contribution in [0.2, 0.25) is 5.02 Å². The normalized spacial score (nSPS) is 20.5. The van der Waals surface area contributed by atoms with Gasteiger partial charge in [0.05, 0.1) is 18.2 Å². The van der Waals surface area contributed by atoms with E-state index in [-0.39, 0.29) is 12.6 Å². The van der Waals surface area contributed by atoms with Gasteiger partial charge in [0.25, 0.3) is 0 Å². The molecule has 0 radical (unpaired) electrons. The summed E-state index contributed by atoms with van der Waals surface area (Å²) >= 11 is 6.04. The lowest BCUT2D eigenvalue weighted by Crippen LogP contribution is -2.51. The number of ether oxygens (including phenoxy) is 1. The van der Waals surface area contributed by atoms with Gasteiger partial charge in [-0.3, -0.25) is 9.80 Å². The molecule has 0 spiro atoms. The van der Waals surface area contributed by atoms with Crippen molar-refractivity contribution in [2.75, 3.05) is 45.9 Å².